The highest BCUT2D eigenvalue weighted by Crippen LogP contribution is 2.12. The van der Waals surface area contributed by atoms with E-state index in [1.165, 1.54) is 0 Å². The summed E-state index contributed by atoms with van der Waals surface area (Å²) in [5.41, 5.74) is 1.10. The second-order valence-corrected chi connectivity index (χ2v) is 2.88. The Kier molecular flexibility index (Phi) is 1.96. The molecule has 4 heteroatoms. The fraction of sp³-hybridized carbons (Fsp3) is 0.250. The Morgan fingerprint density at radius 3 is 2.92 bits per heavy atom. The van der Waals surface area contributed by atoms with Gasteiger partial charge in [0.1, 0.15) is 17.5 Å². The first-order valence-corrected chi connectivity index (χ1v) is 3.99. The van der Waals surface area contributed by atoms with Crippen molar-refractivity contribution < 1.29 is 4.74 Å². The van der Waals surface area contributed by atoms with E-state index in [0.717, 1.165) is 18.0 Å². The molecule has 62 valence electrons. The van der Waals surface area contributed by atoms with Gasteiger partial charge in [-0.25, -0.2) is 4.98 Å². The van der Waals surface area contributed by atoms with E-state index in [1.54, 1.807) is 18.3 Å². The van der Waals surface area contributed by atoms with E-state index in [4.69, 9.17) is 16.3 Å². The predicted octanol–water partition coefficient (Wildman–Crippen LogP) is 1.57. The number of aliphatic imine (C=N–C) groups is 1. The van der Waals surface area contributed by atoms with Crippen LogP contribution in [-0.4, -0.2) is 23.8 Å². The maximum atomic E-state index is 5.60. The van der Waals surface area contributed by atoms with Crippen molar-refractivity contribution in [1.82, 2.24) is 4.98 Å². The van der Waals surface area contributed by atoms with Crippen LogP contribution in [0.2, 0.25) is 5.15 Å². The quantitative estimate of drug-likeness (QED) is 0.665. The highest BCUT2D eigenvalue weighted by Gasteiger charge is 2.09. The van der Waals surface area contributed by atoms with Gasteiger partial charge in [0.05, 0.1) is 18.5 Å². The van der Waals surface area contributed by atoms with Crippen molar-refractivity contribution in [2.45, 2.75) is 0 Å². The van der Waals surface area contributed by atoms with Crippen LogP contribution < -0.4 is 4.74 Å². The fourth-order valence-corrected chi connectivity index (χ4v) is 0.873. The lowest BCUT2D eigenvalue weighted by molar-refractivity contribution is 0.377. The zero-order chi connectivity index (χ0) is 8.39. The van der Waals surface area contributed by atoms with Gasteiger partial charge in [-0.1, -0.05) is 11.6 Å². The molecule has 1 aromatic rings. The molecule has 0 N–H and O–H groups in total. The highest BCUT2D eigenvalue weighted by atomic mass is 35.5. The zero-order valence-electron chi connectivity index (χ0n) is 6.33. The van der Waals surface area contributed by atoms with E-state index >= 15 is 0 Å². The average molecular weight is 183 g/mol. The fourth-order valence-electron chi connectivity index (χ4n) is 0.761. The summed E-state index contributed by atoms with van der Waals surface area (Å²) in [7, 11) is 0. The Labute approximate surface area is 75.1 Å². The lowest BCUT2D eigenvalue weighted by Crippen LogP contribution is -2.02. The lowest BCUT2D eigenvalue weighted by Gasteiger charge is -2.00. The molecule has 3 nitrogen and oxygen atoms in total. The molecule has 0 atom stereocenters. The average Bonchev–Trinajstić information content (AvgIpc) is 2.87. The second kappa shape index (κ2) is 3.11. The van der Waals surface area contributed by atoms with E-state index in [-0.39, 0.29) is 0 Å². The number of nitrogens with zero attached hydrogens (tertiary/aromatic N) is 2. The molecule has 1 aliphatic heterocycles. The molecule has 12 heavy (non-hydrogen) atoms. The van der Waals surface area contributed by atoms with Crippen LogP contribution in [0.3, 0.4) is 0 Å². The molecule has 0 radical (unpaired) electrons. The third-order valence-electron chi connectivity index (χ3n) is 1.49. The number of hydrogen-bond acceptors (Lipinski definition) is 3. The molecule has 2 heterocycles. The molecule has 1 aliphatic rings. The van der Waals surface area contributed by atoms with Gasteiger partial charge in [0.15, 0.2) is 0 Å². The van der Waals surface area contributed by atoms with E-state index in [1.807, 2.05) is 0 Å². The number of rotatable bonds is 3. The Bertz CT molecular complexity index is 307. The highest BCUT2D eigenvalue weighted by molar-refractivity contribution is 6.29. The minimum atomic E-state index is 0.478. The largest absolute Gasteiger partial charge is 0.486 e. The summed E-state index contributed by atoms with van der Waals surface area (Å²) in [4.78, 5) is 7.86. The Morgan fingerprint density at radius 2 is 2.33 bits per heavy atom. The number of pyridine rings is 1. The van der Waals surface area contributed by atoms with Crippen LogP contribution >= 0.6 is 11.6 Å². The predicted molar refractivity (Wildman–Crippen MR) is 47.0 cm³/mol. The molecule has 0 saturated heterocycles. The Balaban J connectivity index is 1.93. The first-order chi connectivity index (χ1) is 5.84. The van der Waals surface area contributed by atoms with Crippen molar-refractivity contribution in [3.8, 4) is 5.75 Å². The maximum absolute atomic E-state index is 5.60. The molecule has 0 aromatic carbocycles. The van der Waals surface area contributed by atoms with Gasteiger partial charge in [-0.05, 0) is 12.1 Å². The van der Waals surface area contributed by atoms with Gasteiger partial charge in [-0.15, -0.1) is 0 Å². The van der Waals surface area contributed by atoms with E-state index in [0.29, 0.717) is 11.8 Å². The van der Waals surface area contributed by atoms with Crippen LogP contribution in [0.5, 0.6) is 5.75 Å². The van der Waals surface area contributed by atoms with E-state index < -0.39 is 0 Å². The minimum Gasteiger partial charge on any atom is -0.486 e. The molecule has 0 bridgehead atoms. The molecule has 1 aromatic heterocycles. The molecule has 2 rings (SSSR count). The third-order valence-corrected chi connectivity index (χ3v) is 1.71. The van der Waals surface area contributed by atoms with Crippen molar-refractivity contribution in [1.29, 1.82) is 0 Å². The molecule has 0 unspecified atom stereocenters. The molecular weight excluding hydrogens is 176 g/mol. The van der Waals surface area contributed by atoms with Crippen molar-refractivity contribution >= 4 is 17.3 Å². The van der Waals surface area contributed by atoms with Crippen LogP contribution in [0.25, 0.3) is 0 Å². The number of halogens is 1. The SMILES string of the molecule is Clc1ccc(OCC2=NC2)cn1. The standard InChI is InChI=1S/C8H7ClN2O/c9-8-2-1-7(4-11-8)12-5-6-3-10-6/h1-2,4H,3,5H2. The zero-order valence-corrected chi connectivity index (χ0v) is 7.08. The summed E-state index contributed by atoms with van der Waals surface area (Å²) in [5.74, 6) is 0.731. The summed E-state index contributed by atoms with van der Waals surface area (Å²) in [6.45, 7) is 1.42. The van der Waals surface area contributed by atoms with Crippen LogP contribution in [0.4, 0.5) is 0 Å². The summed E-state index contributed by atoms with van der Waals surface area (Å²) in [6, 6.07) is 3.49. The van der Waals surface area contributed by atoms with Crippen molar-refractivity contribution in [2.75, 3.05) is 13.2 Å². The van der Waals surface area contributed by atoms with Crippen LogP contribution in [-0.2, 0) is 0 Å². The van der Waals surface area contributed by atoms with Gasteiger partial charge in [0.25, 0.3) is 0 Å². The Hall–Kier alpha value is -1.09. The van der Waals surface area contributed by atoms with Crippen molar-refractivity contribution in [2.24, 2.45) is 4.99 Å². The van der Waals surface area contributed by atoms with Gasteiger partial charge in [0, 0.05) is 0 Å². The summed E-state index contributed by atoms with van der Waals surface area (Å²) < 4.78 is 5.33. The van der Waals surface area contributed by atoms with E-state index in [9.17, 15) is 0 Å². The number of ether oxygens (including phenoxy) is 1. The van der Waals surface area contributed by atoms with Gasteiger partial charge in [-0.3, -0.25) is 4.99 Å². The van der Waals surface area contributed by atoms with Gasteiger partial charge < -0.3 is 4.74 Å². The lowest BCUT2D eigenvalue weighted by atomic mass is 10.4. The van der Waals surface area contributed by atoms with Crippen LogP contribution in [0.1, 0.15) is 0 Å². The first-order valence-electron chi connectivity index (χ1n) is 3.61. The normalized spacial score (nSPS) is 13.9. The van der Waals surface area contributed by atoms with Crippen LogP contribution in [0.15, 0.2) is 23.3 Å². The number of hydrogen-bond donors (Lipinski definition) is 0. The Morgan fingerprint density at radius 1 is 1.50 bits per heavy atom. The molecule has 0 saturated carbocycles. The second-order valence-electron chi connectivity index (χ2n) is 2.49. The molecule has 0 amide bonds. The van der Waals surface area contributed by atoms with Gasteiger partial charge in [-0.2, -0.15) is 0 Å². The van der Waals surface area contributed by atoms with Gasteiger partial charge >= 0.3 is 0 Å². The van der Waals surface area contributed by atoms with Crippen LogP contribution in [0, 0.1) is 0 Å². The number of aromatic nitrogens is 1. The summed E-state index contributed by atoms with van der Waals surface area (Å²) >= 11 is 5.60. The first kappa shape index (κ1) is 7.55. The maximum Gasteiger partial charge on any atom is 0.138 e. The van der Waals surface area contributed by atoms with Crippen molar-refractivity contribution in [3.05, 3.63) is 23.5 Å². The molecule has 0 aliphatic carbocycles. The summed E-state index contributed by atoms with van der Waals surface area (Å²) in [6.07, 6.45) is 1.60. The molecule has 0 fully saturated rings. The molecule has 0 spiro atoms. The monoisotopic (exact) mass is 182 g/mol. The summed E-state index contributed by atoms with van der Waals surface area (Å²) in [5, 5.41) is 0.478. The smallest absolute Gasteiger partial charge is 0.138 e. The van der Waals surface area contributed by atoms with E-state index in [2.05, 4.69) is 9.98 Å². The molecular formula is C8H7ClN2O. The van der Waals surface area contributed by atoms with Crippen molar-refractivity contribution in [3.63, 3.8) is 0 Å². The van der Waals surface area contributed by atoms with Gasteiger partial charge in [0.2, 0.25) is 0 Å². The topological polar surface area (TPSA) is 34.5 Å². The third kappa shape index (κ3) is 1.95. The minimum absolute atomic E-state index is 0.478.